The number of benzene rings is 1. The number of carbonyl (C=O) groups is 2. The first-order chi connectivity index (χ1) is 11.5. The maximum Gasteiger partial charge on any atom is 0.231 e. The van der Waals surface area contributed by atoms with Crippen LogP contribution >= 0.6 is 0 Å². The Hall–Kier alpha value is -2.28. The molecule has 2 aliphatic heterocycles. The number of amides is 2. The normalized spacial score (nSPS) is 19.2. The van der Waals surface area contributed by atoms with Crippen LogP contribution in [0.25, 0.3) is 0 Å². The molecule has 2 amide bonds. The van der Waals surface area contributed by atoms with Gasteiger partial charge in [0.15, 0.2) is 11.5 Å². The van der Waals surface area contributed by atoms with Crippen molar-refractivity contribution >= 4 is 17.5 Å². The van der Waals surface area contributed by atoms with Crippen molar-refractivity contribution in [1.29, 1.82) is 0 Å². The number of fused-ring (bicyclic) bond motifs is 1. The summed E-state index contributed by atoms with van der Waals surface area (Å²) < 4.78 is 10.6. The van der Waals surface area contributed by atoms with Crippen LogP contribution in [0, 0.1) is 5.92 Å². The summed E-state index contributed by atoms with van der Waals surface area (Å²) in [5.41, 5.74) is 0.655. The minimum Gasteiger partial charge on any atom is -0.454 e. The molecule has 0 radical (unpaired) electrons. The SMILES string of the molecule is CN(C)CCCN1CC(C(=O)Nc2ccc3c(c2)OCO3)CC1=O. The molecule has 1 atom stereocenters. The Morgan fingerprint density at radius 3 is 2.92 bits per heavy atom. The van der Waals surface area contributed by atoms with E-state index in [1.165, 1.54) is 0 Å². The molecule has 7 nitrogen and oxygen atoms in total. The molecule has 1 N–H and O–H groups in total. The predicted octanol–water partition coefficient (Wildman–Crippen LogP) is 1.15. The van der Waals surface area contributed by atoms with E-state index in [-0.39, 0.29) is 30.9 Å². The number of hydrogen-bond acceptors (Lipinski definition) is 5. The predicted molar refractivity (Wildman–Crippen MR) is 89.1 cm³/mol. The lowest BCUT2D eigenvalue weighted by atomic mass is 10.1. The van der Waals surface area contributed by atoms with Crippen LogP contribution in [-0.4, -0.2) is 62.1 Å². The lowest BCUT2D eigenvalue weighted by Gasteiger charge is -2.18. The zero-order chi connectivity index (χ0) is 17.1. The monoisotopic (exact) mass is 333 g/mol. The number of carbonyl (C=O) groups excluding carboxylic acids is 2. The molecular weight excluding hydrogens is 310 g/mol. The van der Waals surface area contributed by atoms with E-state index in [2.05, 4.69) is 10.2 Å². The van der Waals surface area contributed by atoms with Crippen LogP contribution in [0.4, 0.5) is 5.69 Å². The van der Waals surface area contributed by atoms with Crippen molar-refractivity contribution in [2.75, 3.05) is 45.8 Å². The average molecular weight is 333 g/mol. The zero-order valence-corrected chi connectivity index (χ0v) is 14.1. The second kappa shape index (κ2) is 7.09. The van der Waals surface area contributed by atoms with Gasteiger partial charge in [-0.2, -0.15) is 0 Å². The number of likely N-dealkylation sites (tertiary alicyclic amines) is 1. The minimum absolute atomic E-state index is 0.0552. The lowest BCUT2D eigenvalue weighted by molar-refractivity contribution is -0.128. The molecular formula is C17H23N3O4. The fraction of sp³-hybridized carbons (Fsp3) is 0.529. The Kier molecular flexibility index (Phi) is 4.89. The second-order valence-corrected chi connectivity index (χ2v) is 6.45. The highest BCUT2D eigenvalue weighted by molar-refractivity contribution is 5.97. The van der Waals surface area contributed by atoms with Crippen LogP contribution in [0.3, 0.4) is 0 Å². The van der Waals surface area contributed by atoms with Crippen LogP contribution in [0.1, 0.15) is 12.8 Å². The molecule has 0 aromatic heterocycles. The number of hydrogen-bond donors (Lipinski definition) is 1. The summed E-state index contributed by atoms with van der Waals surface area (Å²) >= 11 is 0. The van der Waals surface area contributed by atoms with Gasteiger partial charge in [0.1, 0.15) is 0 Å². The van der Waals surface area contributed by atoms with E-state index in [9.17, 15) is 9.59 Å². The van der Waals surface area contributed by atoms with Gasteiger partial charge in [0.2, 0.25) is 18.6 Å². The quantitative estimate of drug-likeness (QED) is 0.846. The van der Waals surface area contributed by atoms with Gasteiger partial charge >= 0.3 is 0 Å². The van der Waals surface area contributed by atoms with Gasteiger partial charge in [-0.1, -0.05) is 0 Å². The fourth-order valence-corrected chi connectivity index (χ4v) is 2.96. The largest absolute Gasteiger partial charge is 0.454 e. The van der Waals surface area contributed by atoms with Crippen molar-refractivity contribution in [3.05, 3.63) is 18.2 Å². The molecule has 0 saturated carbocycles. The summed E-state index contributed by atoms with van der Waals surface area (Å²) in [7, 11) is 4.01. The van der Waals surface area contributed by atoms with E-state index < -0.39 is 0 Å². The Bertz CT molecular complexity index is 632. The number of ether oxygens (including phenoxy) is 2. The van der Waals surface area contributed by atoms with Gasteiger partial charge in [-0.3, -0.25) is 9.59 Å². The number of anilines is 1. The molecule has 24 heavy (non-hydrogen) atoms. The number of rotatable bonds is 6. The summed E-state index contributed by atoms with van der Waals surface area (Å²) in [5.74, 6) is 0.927. The Morgan fingerprint density at radius 1 is 1.33 bits per heavy atom. The van der Waals surface area contributed by atoms with E-state index in [1.807, 2.05) is 14.1 Å². The van der Waals surface area contributed by atoms with Crippen molar-refractivity contribution in [2.45, 2.75) is 12.8 Å². The average Bonchev–Trinajstić information content (AvgIpc) is 3.13. The zero-order valence-electron chi connectivity index (χ0n) is 14.1. The van der Waals surface area contributed by atoms with Crippen molar-refractivity contribution in [3.8, 4) is 11.5 Å². The van der Waals surface area contributed by atoms with E-state index in [1.54, 1.807) is 23.1 Å². The molecule has 3 rings (SSSR count). The standard InChI is InChI=1S/C17H23N3O4/c1-19(2)6-3-7-20-10-12(8-16(20)21)17(22)18-13-4-5-14-15(9-13)24-11-23-14/h4-5,9,12H,3,6-8,10-11H2,1-2H3,(H,18,22). The summed E-state index contributed by atoms with van der Waals surface area (Å²) in [4.78, 5) is 28.4. The van der Waals surface area contributed by atoms with E-state index in [4.69, 9.17) is 9.47 Å². The molecule has 1 fully saturated rings. The molecule has 1 saturated heterocycles. The molecule has 1 aromatic carbocycles. The van der Waals surface area contributed by atoms with Gasteiger partial charge in [-0.25, -0.2) is 0 Å². The van der Waals surface area contributed by atoms with Crippen molar-refractivity contribution in [1.82, 2.24) is 9.80 Å². The lowest BCUT2D eigenvalue weighted by Crippen LogP contribution is -2.30. The minimum atomic E-state index is -0.303. The van der Waals surface area contributed by atoms with Crippen LogP contribution in [0.5, 0.6) is 11.5 Å². The topological polar surface area (TPSA) is 71.1 Å². The Balaban J connectivity index is 1.53. The van der Waals surface area contributed by atoms with Crippen molar-refractivity contribution in [2.24, 2.45) is 5.92 Å². The second-order valence-electron chi connectivity index (χ2n) is 6.45. The smallest absolute Gasteiger partial charge is 0.231 e. The highest BCUT2D eigenvalue weighted by Crippen LogP contribution is 2.34. The summed E-state index contributed by atoms with van der Waals surface area (Å²) in [6.45, 7) is 2.32. The Labute approximate surface area is 141 Å². The number of nitrogens with zero attached hydrogens (tertiary/aromatic N) is 2. The summed E-state index contributed by atoms with van der Waals surface area (Å²) in [6.07, 6.45) is 1.19. The van der Waals surface area contributed by atoms with Gasteiger partial charge < -0.3 is 24.6 Å². The Morgan fingerprint density at radius 2 is 2.12 bits per heavy atom. The molecule has 1 aromatic rings. The number of nitrogens with one attached hydrogen (secondary N) is 1. The fourth-order valence-electron chi connectivity index (χ4n) is 2.96. The van der Waals surface area contributed by atoms with E-state index >= 15 is 0 Å². The molecule has 0 bridgehead atoms. The summed E-state index contributed by atoms with van der Waals surface area (Å²) in [6, 6.07) is 5.29. The molecule has 130 valence electrons. The third kappa shape index (κ3) is 3.79. The van der Waals surface area contributed by atoms with Crippen LogP contribution in [-0.2, 0) is 9.59 Å². The van der Waals surface area contributed by atoms with Crippen molar-refractivity contribution in [3.63, 3.8) is 0 Å². The van der Waals surface area contributed by atoms with Gasteiger partial charge in [0, 0.05) is 31.3 Å². The first kappa shape index (κ1) is 16.6. The molecule has 7 heteroatoms. The maximum atomic E-state index is 12.4. The van der Waals surface area contributed by atoms with Gasteiger partial charge in [-0.05, 0) is 39.2 Å². The molecule has 2 aliphatic rings. The maximum absolute atomic E-state index is 12.4. The van der Waals surface area contributed by atoms with Gasteiger partial charge in [0.25, 0.3) is 0 Å². The van der Waals surface area contributed by atoms with E-state index in [0.29, 0.717) is 30.3 Å². The highest BCUT2D eigenvalue weighted by atomic mass is 16.7. The van der Waals surface area contributed by atoms with Crippen LogP contribution < -0.4 is 14.8 Å². The van der Waals surface area contributed by atoms with Gasteiger partial charge in [0.05, 0.1) is 5.92 Å². The van der Waals surface area contributed by atoms with E-state index in [0.717, 1.165) is 13.0 Å². The first-order valence-corrected chi connectivity index (χ1v) is 8.16. The van der Waals surface area contributed by atoms with Crippen LogP contribution in [0.2, 0.25) is 0 Å². The molecule has 0 spiro atoms. The third-order valence-corrected chi connectivity index (χ3v) is 4.26. The van der Waals surface area contributed by atoms with Gasteiger partial charge in [-0.15, -0.1) is 0 Å². The molecule has 2 heterocycles. The van der Waals surface area contributed by atoms with Crippen molar-refractivity contribution < 1.29 is 19.1 Å². The summed E-state index contributed by atoms with van der Waals surface area (Å²) in [5, 5.41) is 2.87. The molecule has 0 aliphatic carbocycles. The third-order valence-electron chi connectivity index (χ3n) is 4.26. The molecule has 1 unspecified atom stereocenters. The first-order valence-electron chi connectivity index (χ1n) is 8.16. The van der Waals surface area contributed by atoms with Crippen LogP contribution in [0.15, 0.2) is 18.2 Å². The highest BCUT2D eigenvalue weighted by Gasteiger charge is 2.34.